The van der Waals surface area contributed by atoms with Crippen molar-refractivity contribution in [3.8, 4) is 5.75 Å². The van der Waals surface area contributed by atoms with Crippen molar-refractivity contribution in [3.63, 3.8) is 0 Å². The Morgan fingerprint density at radius 2 is 1.48 bits per heavy atom. The standard InChI is InChI=1S/C34H41ClN6O3/c1-44-30-9-2-25(3-10-30)24-41-33(42)14-17-40(34(41)43)32-11-8-29(22-31(32)35)39-20-18-37(19-21-39)23-26-12-15-38(16-13-26)28-6-4-27(36)5-7-28/h2-11,22,26H,12-21,23-24,36H2,1H3. The fraction of sp³-hybridized carbons (Fsp3) is 0.412. The summed E-state index contributed by atoms with van der Waals surface area (Å²) in [5, 5.41) is 0.518. The number of rotatable bonds is 8. The van der Waals surface area contributed by atoms with Gasteiger partial charge >= 0.3 is 6.03 Å². The maximum atomic E-state index is 13.4. The van der Waals surface area contributed by atoms with Crippen LogP contribution < -0.4 is 25.2 Å². The summed E-state index contributed by atoms with van der Waals surface area (Å²) >= 11 is 6.79. The molecule has 0 atom stereocenters. The zero-order valence-corrected chi connectivity index (χ0v) is 26.1. The van der Waals surface area contributed by atoms with Gasteiger partial charge in [0.2, 0.25) is 5.91 Å². The lowest BCUT2D eigenvalue weighted by molar-refractivity contribution is -0.129. The largest absolute Gasteiger partial charge is 0.497 e. The number of methoxy groups -OCH3 is 1. The lowest BCUT2D eigenvalue weighted by Gasteiger charge is -2.40. The molecule has 0 bridgehead atoms. The third-order valence-electron chi connectivity index (χ3n) is 9.16. The molecule has 9 nitrogen and oxygen atoms in total. The molecule has 44 heavy (non-hydrogen) atoms. The average Bonchev–Trinajstić information content (AvgIpc) is 3.05. The molecule has 3 aliphatic rings. The van der Waals surface area contributed by atoms with E-state index in [0.29, 0.717) is 17.3 Å². The molecule has 0 aliphatic carbocycles. The van der Waals surface area contributed by atoms with Crippen LogP contribution >= 0.6 is 11.6 Å². The Bertz CT molecular complexity index is 1450. The van der Waals surface area contributed by atoms with Crippen molar-refractivity contribution in [2.75, 3.05) is 79.9 Å². The molecule has 0 saturated carbocycles. The second-order valence-electron chi connectivity index (χ2n) is 12.0. The average molecular weight is 617 g/mol. The molecule has 3 fully saturated rings. The molecule has 3 aromatic rings. The summed E-state index contributed by atoms with van der Waals surface area (Å²) < 4.78 is 5.22. The van der Waals surface area contributed by atoms with Gasteiger partial charge in [0.25, 0.3) is 0 Å². The van der Waals surface area contributed by atoms with Crippen LogP contribution in [0.25, 0.3) is 0 Å². The molecular weight excluding hydrogens is 576 g/mol. The molecule has 0 radical (unpaired) electrons. The van der Waals surface area contributed by atoms with E-state index < -0.39 is 0 Å². The van der Waals surface area contributed by atoms with Gasteiger partial charge in [0.05, 0.1) is 24.4 Å². The number of imide groups is 1. The van der Waals surface area contributed by atoms with Gasteiger partial charge in [-0.25, -0.2) is 4.79 Å². The highest BCUT2D eigenvalue weighted by molar-refractivity contribution is 6.34. The van der Waals surface area contributed by atoms with Crippen molar-refractivity contribution in [3.05, 3.63) is 77.3 Å². The van der Waals surface area contributed by atoms with Gasteiger partial charge in [-0.3, -0.25) is 19.5 Å². The number of ether oxygens (including phenoxy) is 1. The van der Waals surface area contributed by atoms with E-state index in [0.717, 1.165) is 74.4 Å². The molecule has 2 N–H and O–H groups in total. The number of anilines is 4. The highest BCUT2D eigenvalue weighted by atomic mass is 35.5. The van der Waals surface area contributed by atoms with Gasteiger partial charge in [0.15, 0.2) is 0 Å². The maximum Gasteiger partial charge on any atom is 0.331 e. The zero-order valence-electron chi connectivity index (χ0n) is 25.3. The minimum absolute atomic E-state index is 0.181. The lowest BCUT2D eigenvalue weighted by Crippen LogP contribution is -2.52. The van der Waals surface area contributed by atoms with Gasteiger partial charge in [-0.2, -0.15) is 0 Å². The Hall–Kier alpha value is -3.95. The minimum atomic E-state index is -0.348. The first-order valence-electron chi connectivity index (χ1n) is 15.5. The summed E-state index contributed by atoms with van der Waals surface area (Å²) in [6.07, 6.45) is 2.67. The summed E-state index contributed by atoms with van der Waals surface area (Å²) in [5.74, 6) is 1.27. The summed E-state index contributed by atoms with van der Waals surface area (Å²) in [6, 6.07) is 21.2. The number of piperazine rings is 1. The number of nitrogens with two attached hydrogens (primary N) is 1. The number of nitrogens with zero attached hydrogens (tertiary/aromatic N) is 5. The molecule has 3 saturated heterocycles. The van der Waals surface area contributed by atoms with Gasteiger partial charge in [-0.1, -0.05) is 23.7 Å². The predicted octanol–water partition coefficient (Wildman–Crippen LogP) is 5.33. The van der Waals surface area contributed by atoms with Gasteiger partial charge in [-0.05, 0) is 78.9 Å². The van der Waals surface area contributed by atoms with Crippen LogP contribution in [-0.2, 0) is 11.3 Å². The van der Waals surface area contributed by atoms with E-state index >= 15 is 0 Å². The number of piperidine rings is 1. The summed E-state index contributed by atoms with van der Waals surface area (Å²) in [5.41, 5.74) is 10.5. The van der Waals surface area contributed by atoms with Crippen LogP contribution in [0.4, 0.5) is 27.5 Å². The molecular formula is C34H41ClN6O3. The van der Waals surface area contributed by atoms with Crippen LogP contribution in [0, 0.1) is 5.92 Å². The summed E-state index contributed by atoms with van der Waals surface area (Å²) in [4.78, 5) is 36.5. The normalized spacial score (nSPS) is 18.7. The molecule has 3 aliphatic heterocycles. The smallest absolute Gasteiger partial charge is 0.331 e. The number of hydrogen-bond acceptors (Lipinski definition) is 7. The van der Waals surface area contributed by atoms with Gasteiger partial charge in [0.1, 0.15) is 5.75 Å². The molecule has 0 spiro atoms. The highest BCUT2D eigenvalue weighted by Crippen LogP contribution is 2.34. The number of halogens is 1. The molecule has 3 aromatic carbocycles. The highest BCUT2D eigenvalue weighted by Gasteiger charge is 2.34. The van der Waals surface area contributed by atoms with Gasteiger partial charge in [0, 0.05) is 75.8 Å². The Labute approximate surface area is 264 Å². The van der Waals surface area contributed by atoms with Crippen LogP contribution in [0.1, 0.15) is 24.8 Å². The van der Waals surface area contributed by atoms with Crippen molar-refractivity contribution in [2.24, 2.45) is 5.92 Å². The third kappa shape index (κ3) is 6.74. The van der Waals surface area contributed by atoms with Gasteiger partial charge in [-0.15, -0.1) is 0 Å². The van der Waals surface area contributed by atoms with Crippen molar-refractivity contribution in [2.45, 2.75) is 25.8 Å². The van der Waals surface area contributed by atoms with Crippen LogP contribution in [0.15, 0.2) is 66.7 Å². The summed E-state index contributed by atoms with van der Waals surface area (Å²) in [7, 11) is 1.61. The number of urea groups is 1. The van der Waals surface area contributed by atoms with Gasteiger partial charge < -0.3 is 20.3 Å². The van der Waals surface area contributed by atoms with Crippen LogP contribution in [0.2, 0.25) is 5.02 Å². The predicted molar refractivity (Wildman–Crippen MR) is 177 cm³/mol. The first-order valence-corrected chi connectivity index (χ1v) is 15.9. The second-order valence-corrected chi connectivity index (χ2v) is 12.4. The molecule has 0 unspecified atom stereocenters. The van der Waals surface area contributed by atoms with Crippen LogP contribution in [0.3, 0.4) is 0 Å². The fourth-order valence-electron chi connectivity index (χ4n) is 6.51. The maximum absolute atomic E-state index is 13.4. The Morgan fingerprint density at radius 1 is 0.818 bits per heavy atom. The minimum Gasteiger partial charge on any atom is -0.497 e. The van der Waals surface area contributed by atoms with E-state index in [1.807, 2.05) is 54.6 Å². The molecule has 6 rings (SSSR count). The monoisotopic (exact) mass is 616 g/mol. The molecule has 0 aromatic heterocycles. The van der Waals surface area contributed by atoms with E-state index in [2.05, 4.69) is 26.8 Å². The molecule has 3 amide bonds. The number of nitrogen functional groups attached to an aromatic ring is 1. The van der Waals surface area contributed by atoms with E-state index in [1.165, 1.54) is 23.4 Å². The lowest BCUT2D eigenvalue weighted by atomic mass is 9.95. The Morgan fingerprint density at radius 3 is 2.14 bits per heavy atom. The second kappa shape index (κ2) is 13.4. The number of hydrogen-bond donors (Lipinski definition) is 1. The SMILES string of the molecule is COc1ccc(CN2C(=O)CCN(c3ccc(N4CCN(CC5CCN(c6ccc(N)cc6)CC5)CC4)cc3Cl)C2=O)cc1. The number of carbonyl (C=O) groups excluding carboxylic acids is 2. The van der Waals surface area contributed by atoms with Crippen LogP contribution in [0.5, 0.6) is 5.75 Å². The van der Waals surface area contributed by atoms with Crippen molar-refractivity contribution in [1.29, 1.82) is 0 Å². The molecule has 10 heteroatoms. The first-order chi connectivity index (χ1) is 21.4. The Kier molecular flexibility index (Phi) is 9.14. The Balaban J connectivity index is 1.01. The van der Waals surface area contributed by atoms with Crippen LogP contribution in [-0.4, -0.2) is 81.2 Å². The third-order valence-corrected chi connectivity index (χ3v) is 9.46. The molecule has 3 heterocycles. The number of amides is 3. The number of carbonyl (C=O) groups is 2. The van der Waals surface area contributed by atoms with Crippen molar-refractivity contribution in [1.82, 2.24) is 9.80 Å². The number of benzene rings is 3. The zero-order chi connectivity index (χ0) is 30.6. The van der Waals surface area contributed by atoms with E-state index in [9.17, 15) is 9.59 Å². The van der Waals surface area contributed by atoms with E-state index in [4.69, 9.17) is 22.1 Å². The summed E-state index contributed by atoms with van der Waals surface area (Å²) in [6.45, 7) is 7.76. The van der Waals surface area contributed by atoms with E-state index in [-0.39, 0.29) is 24.9 Å². The van der Waals surface area contributed by atoms with E-state index in [1.54, 1.807) is 12.0 Å². The first kappa shape index (κ1) is 30.1. The quantitative estimate of drug-likeness (QED) is 0.343. The topological polar surface area (TPSA) is 85.6 Å². The van der Waals surface area contributed by atoms with Crippen molar-refractivity contribution >= 4 is 46.3 Å². The van der Waals surface area contributed by atoms with Crippen molar-refractivity contribution < 1.29 is 14.3 Å². The fourth-order valence-corrected chi connectivity index (χ4v) is 6.78. The molecule has 232 valence electrons.